The summed E-state index contributed by atoms with van der Waals surface area (Å²) in [7, 11) is 0. The van der Waals surface area contributed by atoms with Crippen LogP contribution in [-0.2, 0) is 11.3 Å². The number of nitrogens with zero attached hydrogens (tertiary/aromatic N) is 2. The van der Waals surface area contributed by atoms with Crippen molar-refractivity contribution >= 4 is 17.6 Å². The van der Waals surface area contributed by atoms with Crippen LogP contribution in [0, 0.1) is 12.8 Å². The maximum atomic E-state index is 12.7. The minimum absolute atomic E-state index is 0.217. The summed E-state index contributed by atoms with van der Waals surface area (Å²) < 4.78 is 12.8. The molecule has 0 aliphatic carbocycles. The lowest BCUT2D eigenvalue weighted by molar-refractivity contribution is 0.0944. The Bertz CT molecular complexity index is 1090. The molecule has 0 bridgehead atoms. The van der Waals surface area contributed by atoms with Gasteiger partial charge >= 0.3 is 6.09 Å². The lowest BCUT2D eigenvalue weighted by atomic mass is 10.0. The van der Waals surface area contributed by atoms with Crippen LogP contribution in [0.4, 0.5) is 4.79 Å². The molecule has 0 aliphatic heterocycles. The number of nitrogens with one attached hydrogen (secondary N) is 2. The summed E-state index contributed by atoms with van der Waals surface area (Å²) in [6.07, 6.45) is 4.19. The van der Waals surface area contributed by atoms with Gasteiger partial charge in [-0.1, -0.05) is 26.0 Å². The standard InChI is InChI=1S/C25H32N4O4/c1-5-32-25(31)28-20(11-17(2)3)13-26-24(30)19-7-6-8-22(12-19)33-16-21-15-29-14-18(4)9-10-23(29)27-21/h6-10,12,14-15,17,20H,5,11,13,16H2,1-4H3,(H,26,30)(H,28,31). The summed E-state index contributed by atoms with van der Waals surface area (Å²) in [5.74, 6) is 0.705. The zero-order chi connectivity index (χ0) is 23.8. The van der Waals surface area contributed by atoms with Crippen molar-refractivity contribution in [3.05, 3.63) is 65.6 Å². The second-order valence-corrected chi connectivity index (χ2v) is 8.42. The Labute approximate surface area is 194 Å². The maximum absolute atomic E-state index is 12.7. The molecule has 3 rings (SSSR count). The van der Waals surface area contributed by atoms with E-state index >= 15 is 0 Å². The van der Waals surface area contributed by atoms with Crippen LogP contribution in [0.5, 0.6) is 5.75 Å². The zero-order valence-electron chi connectivity index (χ0n) is 19.6. The quantitative estimate of drug-likeness (QED) is 0.483. The maximum Gasteiger partial charge on any atom is 0.407 e. The van der Waals surface area contributed by atoms with Crippen LogP contribution < -0.4 is 15.4 Å². The first kappa shape index (κ1) is 24.1. The number of ether oxygens (including phenoxy) is 2. The third-order valence-electron chi connectivity index (χ3n) is 4.99. The minimum atomic E-state index is -0.477. The van der Waals surface area contributed by atoms with Crippen molar-refractivity contribution in [1.29, 1.82) is 0 Å². The predicted octanol–water partition coefficient (Wildman–Crippen LogP) is 4.11. The highest BCUT2D eigenvalue weighted by Crippen LogP contribution is 2.16. The van der Waals surface area contributed by atoms with Crippen LogP contribution in [-0.4, -0.2) is 40.6 Å². The number of rotatable bonds is 10. The van der Waals surface area contributed by atoms with Gasteiger partial charge in [-0.15, -0.1) is 0 Å². The normalized spacial score (nSPS) is 11.9. The van der Waals surface area contributed by atoms with Gasteiger partial charge in [-0.25, -0.2) is 9.78 Å². The van der Waals surface area contributed by atoms with Crippen LogP contribution in [0.15, 0.2) is 48.8 Å². The number of hydrogen-bond donors (Lipinski definition) is 2. The number of aromatic nitrogens is 2. The van der Waals surface area contributed by atoms with Gasteiger partial charge in [0, 0.05) is 30.5 Å². The summed E-state index contributed by atoms with van der Waals surface area (Å²) >= 11 is 0. The third kappa shape index (κ3) is 7.24. The molecule has 1 atom stereocenters. The van der Waals surface area contributed by atoms with E-state index in [-0.39, 0.29) is 11.9 Å². The van der Waals surface area contributed by atoms with E-state index in [4.69, 9.17) is 9.47 Å². The molecule has 0 saturated heterocycles. The molecule has 3 aromatic rings. The number of hydrogen-bond acceptors (Lipinski definition) is 5. The molecule has 0 saturated carbocycles. The lowest BCUT2D eigenvalue weighted by Gasteiger charge is -2.20. The highest BCUT2D eigenvalue weighted by Gasteiger charge is 2.16. The molecule has 176 valence electrons. The van der Waals surface area contributed by atoms with E-state index in [0.29, 0.717) is 37.0 Å². The van der Waals surface area contributed by atoms with Crippen molar-refractivity contribution in [3.63, 3.8) is 0 Å². The van der Waals surface area contributed by atoms with Crippen LogP contribution in [0.2, 0.25) is 0 Å². The van der Waals surface area contributed by atoms with Gasteiger partial charge in [-0.2, -0.15) is 0 Å². The molecule has 0 spiro atoms. The topological polar surface area (TPSA) is 94.0 Å². The number of aryl methyl sites for hydroxylation is 1. The fourth-order valence-corrected chi connectivity index (χ4v) is 3.53. The van der Waals surface area contributed by atoms with Gasteiger partial charge in [0.05, 0.1) is 12.3 Å². The van der Waals surface area contributed by atoms with Gasteiger partial charge < -0.3 is 24.5 Å². The van der Waals surface area contributed by atoms with Gasteiger partial charge in [-0.05, 0) is 56.0 Å². The number of carbonyl (C=O) groups is 2. The molecule has 8 nitrogen and oxygen atoms in total. The Hall–Kier alpha value is -3.55. The van der Waals surface area contributed by atoms with E-state index in [2.05, 4.69) is 29.5 Å². The molecular weight excluding hydrogens is 420 g/mol. The molecule has 0 aliphatic rings. The van der Waals surface area contributed by atoms with Gasteiger partial charge in [0.15, 0.2) is 0 Å². The zero-order valence-corrected chi connectivity index (χ0v) is 19.6. The largest absolute Gasteiger partial charge is 0.487 e. The monoisotopic (exact) mass is 452 g/mol. The third-order valence-corrected chi connectivity index (χ3v) is 4.99. The molecular formula is C25H32N4O4. The van der Waals surface area contributed by atoms with Crippen molar-refractivity contribution < 1.29 is 19.1 Å². The van der Waals surface area contributed by atoms with Crippen LogP contribution in [0.25, 0.3) is 5.65 Å². The molecule has 0 fully saturated rings. The molecule has 0 radical (unpaired) electrons. The van der Waals surface area contributed by atoms with Crippen LogP contribution in [0.3, 0.4) is 0 Å². The fraction of sp³-hybridized carbons (Fsp3) is 0.400. The molecule has 8 heteroatoms. The van der Waals surface area contributed by atoms with Crippen molar-refractivity contribution in [3.8, 4) is 5.75 Å². The first-order valence-corrected chi connectivity index (χ1v) is 11.2. The molecule has 33 heavy (non-hydrogen) atoms. The second kappa shape index (κ2) is 11.4. The van der Waals surface area contributed by atoms with Gasteiger partial charge in [0.2, 0.25) is 0 Å². The van der Waals surface area contributed by atoms with Crippen LogP contribution >= 0.6 is 0 Å². The number of carbonyl (C=O) groups excluding carboxylic acids is 2. The van der Waals surface area contributed by atoms with Gasteiger partial charge in [-0.3, -0.25) is 4.79 Å². The Balaban J connectivity index is 1.57. The van der Waals surface area contributed by atoms with E-state index in [0.717, 1.165) is 23.3 Å². The smallest absolute Gasteiger partial charge is 0.407 e. The number of fused-ring (bicyclic) bond motifs is 1. The van der Waals surface area contributed by atoms with Gasteiger partial charge in [0.1, 0.15) is 18.0 Å². The summed E-state index contributed by atoms with van der Waals surface area (Å²) in [5, 5.41) is 5.71. The summed E-state index contributed by atoms with van der Waals surface area (Å²) in [4.78, 5) is 29.0. The number of pyridine rings is 1. The Kier molecular flexibility index (Phi) is 8.29. The molecule has 2 aromatic heterocycles. The molecule has 1 unspecified atom stereocenters. The van der Waals surface area contributed by atoms with Crippen molar-refractivity contribution in [2.45, 2.75) is 46.8 Å². The number of benzene rings is 1. The van der Waals surface area contributed by atoms with E-state index in [1.54, 1.807) is 31.2 Å². The Morgan fingerprint density at radius 2 is 1.97 bits per heavy atom. The van der Waals surface area contributed by atoms with Crippen LogP contribution in [0.1, 0.15) is 48.8 Å². The number of amides is 2. The lowest BCUT2D eigenvalue weighted by Crippen LogP contribution is -2.44. The summed E-state index contributed by atoms with van der Waals surface area (Å²) in [6.45, 7) is 8.81. The Morgan fingerprint density at radius 1 is 1.15 bits per heavy atom. The second-order valence-electron chi connectivity index (χ2n) is 8.42. The highest BCUT2D eigenvalue weighted by atomic mass is 16.5. The van der Waals surface area contributed by atoms with Gasteiger partial charge in [0.25, 0.3) is 5.91 Å². The SMILES string of the molecule is CCOC(=O)NC(CNC(=O)c1cccc(OCc2cn3cc(C)ccc3n2)c1)CC(C)C. The average molecular weight is 453 g/mol. The van der Waals surface area contributed by atoms with Crippen molar-refractivity contribution in [2.24, 2.45) is 5.92 Å². The van der Waals surface area contributed by atoms with Crippen molar-refractivity contribution in [2.75, 3.05) is 13.2 Å². The Morgan fingerprint density at radius 3 is 2.73 bits per heavy atom. The number of imidazole rings is 1. The van der Waals surface area contributed by atoms with E-state index < -0.39 is 6.09 Å². The average Bonchev–Trinajstić information content (AvgIpc) is 3.18. The molecule has 1 aromatic carbocycles. The summed E-state index contributed by atoms with van der Waals surface area (Å²) in [5.41, 5.74) is 3.30. The molecule has 2 N–H and O–H groups in total. The highest BCUT2D eigenvalue weighted by molar-refractivity contribution is 5.94. The molecule has 2 heterocycles. The predicted molar refractivity (Wildman–Crippen MR) is 126 cm³/mol. The number of alkyl carbamates (subject to hydrolysis) is 1. The van der Waals surface area contributed by atoms with Crippen molar-refractivity contribution in [1.82, 2.24) is 20.0 Å². The van der Waals surface area contributed by atoms with E-state index in [1.165, 1.54) is 0 Å². The van der Waals surface area contributed by atoms with E-state index in [9.17, 15) is 9.59 Å². The first-order valence-electron chi connectivity index (χ1n) is 11.2. The van der Waals surface area contributed by atoms with E-state index in [1.807, 2.05) is 35.9 Å². The fourth-order valence-electron chi connectivity index (χ4n) is 3.53. The summed E-state index contributed by atoms with van der Waals surface area (Å²) in [6, 6.07) is 10.8. The molecule has 2 amide bonds. The first-order chi connectivity index (χ1) is 15.8. The minimum Gasteiger partial charge on any atom is -0.487 e.